The van der Waals surface area contributed by atoms with E-state index in [1.807, 2.05) is 0 Å². The molecule has 0 saturated heterocycles. The van der Waals surface area contributed by atoms with Gasteiger partial charge in [0.05, 0.1) is 0 Å². The number of benzene rings is 2. The minimum Gasteiger partial charge on any atom is -0.486 e. The molecule has 5 nitrogen and oxygen atoms in total. The van der Waals surface area contributed by atoms with Crippen molar-refractivity contribution in [2.45, 2.75) is 4.90 Å². The van der Waals surface area contributed by atoms with Crippen LogP contribution in [-0.4, -0.2) is 21.6 Å². The topological polar surface area (TPSA) is 61.8 Å². The van der Waals surface area contributed by atoms with E-state index in [0.29, 0.717) is 24.7 Å². The van der Waals surface area contributed by atoms with E-state index in [0.717, 1.165) is 6.07 Å². The van der Waals surface area contributed by atoms with Crippen LogP contribution in [0.25, 0.3) is 0 Å². The molecule has 0 spiro atoms. The molecule has 110 valence electrons. The third-order valence-electron chi connectivity index (χ3n) is 2.80. The zero-order chi connectivity index (χ0) is 14.9. The summed E-state index contributed by atoms with van der Waals surface area (Å²) in [6.07, 6.45) is 0. The molecule has 2 aromatic rings. The van der Waals surface area contributed by atoms with Crippen LogP contribution in [-0.2, 0) is 10.1 Å². The highest BCUT2D eigenvalue weighted by molar-refractivity contribution is 7.87. The number of halogens is 1. The van der Waals surface area contributed by atoms with Gasteiger partial charge >= 0.3 is 10.1 Å². The number of hydrogen-bond donors (Lipinski definition) is 0. The Morgan fingerprint density at radius 3 is 2.52 bits per heavy atom. The van der Waals surface area contributed by atoms with Crippen molar-refractivity contribution in [3.8, 4) is 17.2 Å². The Bertz CT molecular complexity index is 773. The van der Waals surface area contributed by atoms with Crippen LogP contribution < -0.4 is 13.7 Å². The van der Waals surface area contributed by atoms with E-state index in [1.165, 1.54) is 36.4 Å². The molecule has 1 aliphatic rings. The van der Waals surface area contributed by atoms with E-state index in [2.05, 4.69) is 0 Å². The summed E-state index contributed by atoms with van der Waals surface area (Å²) in [5.41, 5.74) is 0. The average molecular weight is 310 g/mol. The molecule has 2 aromatic carbocycles. The van der Waals surface area contributed by atoms with Crippen LogP contribution in [0.3, 0.4) is 0 Å². The third-order valence-corrected chi connectivity index (χ3v) is 4.05. The van der Waals surface area contributed by atoms with E-state index >= 15 is 0 Å². The maximum Gasteiger partial charge on any atom is 0.339 e. The quantitative estimate of drug-likeness (QED) is 0.815. The first-order chi connectivity index (χ1) is 10.0. The Kier molecular flexibility index (Phi) is 3.42. The zero-order valence-electron chi connectivity index (χ0n) is 10.8. The smallest absolute Gasteiger partial charge is 0.339 e. The van der Waals surface area contributed by atoms with Crippen molar-refractivity contribution in [3.63, 3.8) is 0 Å². The van der Waals surface area contributed by atoms with Crippen molar-refractivity contribution in [3.05, 3.63) is 48.3 Å². The van der Waals surface area contributed by atoms with Crippen molar-refractivity contribution in [2.24, 2.45) is 0 Å². The fraction of sp³-hybridized carbons (Fsp3) is 0.143. The van der Waals surface area contributed by atoms with Crippen LogP contribution in [0.4, 0.5) is 4.39 Å². The van der Waals surface area contributed by atoms with Crippen LogP contribution in [0.5, 0.6) is 17.2 Å². The van der Waals surface area contributed by atoms with Crippen LogP contribution in [0.1, 0.15) is 0 Å². The highest BCUT2D eigenvalue weighted by Gasteiger charge is 2.21. The van der Waals surface area contributed by atoms with Gasteiger partial charge in [-0.05, 0) is 24.3 Å². The van der Waals surface area contributed by atoms with Crippen LogP contribution in [0, 0.1) is 5.82 Å². The van der Waals surface area contributed by atoms with Crippen molar-refractivity contribution >= 4 is 10.1 Å². The molecule has 0 fully saturated rings. The lowest BCUT2D eigenvalue weighted by atomic mass is 10.3. The molecule has 1 aliphatic heterocycles. The van der Waals surface area contributed by atoms with E-state index in [-0.39, 0.29) is 10.6 Å². The average Bonchev–Trinajstić information content (AvgIpc) is 2.46. The number of hydrogen-bond acceptors (Lipinski definition) is 5. The van der Waals surface area contributed by atoms with Crippen molar-refractivity contribution in [1.29, 1.82) is 0 Å². The lowest BCUT2D eigenvalue weighted by Gasteiger charge is -2.18. The molecular weight excluding hydrogens is 299 g/mol. The largest absolute Gasteiger partial charge is 0.486 e. The maximum atomic E-state index is 13.1. The van der Waals surface area contributed by atoms with Crippen LogP contribution in [0.15, 0.2) is 47.4 Å². The summed E-state index contributed by atoms with van der Waals surface area (Å²) in [6.45, 7) is 0.764. The highest BCUT2D eigenvalue weighted by atomic mass is 32.2. The summed E-state index contributed by atoms with van der Waals surface area (Å²) >= 11 is 0. The van der Waals surface area contributed by atoms with Crippen molar-refractivity contribution < 1.29 is 26.5 Å². The summed E-state index contributed by atoms with van der Waals surface area (Å²) in [5.74, 6) is 0.144. The monoisotopic (exact) mass is 310 g/mol. The molecule has 7 heteroatoms. The minimum atomic E-state index is -4.07. The summed E-state index contributed by atoms with van der Waals surface area (Å²) < 4.78 is 52.9. The van der Waals surface area contributed by atoms with Crippen LogP contribution in [0.2, 0.25) is 0 Å². The molecule has 0 aliphatic carbocycles. The third kappa shape index (κ3) is 2.92. The molecule has 0 saturated carbocycles. The van der Waals surface area contributed by atoms with Gasteiger partial charge in [0.15, 0.2) is 11.5 Å². The van der Waals surface area contributed by atoms with E-state index in [9.17, 15) is 12.8 Å². The number of fused-ring (bicyclic) bond motifs is 1. The molecule has 1 heterocycles. The summed E-state index contributed by atoms with van der Waals surface area (Å²) in [7, 11) is -4.07. The first kappa shape index (κ1) is 13.7. The lowest BCUT2D eigenvalue weighted by Crippen LogP contribution is -2.16. The Morgan fingerprint density at radius 1 is 1.00 bits per heavy atom. The van der Waals surface area contributed by atoms with Gasteiger partial charge in [0, 0.05) is 12.1 Å². The first-order valence-corrected chi connectivity index (χ1v) is 7.55. The predicted octanol–water partition coefficient (Wildman–Crippen LogP) is 2.36. The van der Waals surface area contributed by atoms with Crippen molar-refractivity contribution in [1.82, 2.24) is 0 Å². The Balaban J connectivity index is 1.91. The van der Waals surface area contributed by atoms with Gasteiger partial charge in [-0.3, -0.25) is 0 Å². The summed E-state index contributed by atoms with van der Waals surface area (Å²) in [6, 6.07) is 9.09. The molecule has 0 N–H and O–H groups in total. The second-order valence-corrected chi connectivity index (χ2v) is 5.85. The SMILES string of the molecule is O=S(=O)(Oc1cccc(F)c1)c1ccc2c(c1)OCCO2. The van der Waals surface area contributed by atoms with Gasteiger partial charge in [0.1, 0.15) is 29.7 Å². The highest BCUT2D eigenvalue weighted by Crippen LogP contribution is 2.33. The fourth-order valence-corrected chi connectivity index (χ4v) is 2.81. The first-order valence-electron chi connectivity index (χ1n) is 6.14. The van der Waals surface area contributed by atoms with Gasteiger partial charge in [-0.15, -0.1) is 0 Å². The van der Waals surface area contributed by atoms with E-state index < -0.39 is 15.9 Å². The zero-order valence-corrected chi connectivity index (χ0v) is 11.6. The predicted molar refractivity (Wildman–Crippen MR) is 71.6 cm³/mol. The van der Waals surface area contributed by atoms with E-state index in [4.69, 9.17) is 13.7 Å². The molecule has 0 radical (unpaired) electrons. The normalized spacial score (nSPS) is 13.8. The minimum absolute atomic E-state index is 0.0870. The van der Waals surface area contributed by atoms with Gasteiger partial charge in [-0.2, -0.15) is 8.42 Å². The number of rotatable bonds is 3. The molecular formula is C14H11FO5S. The Labute approximate surface area is 121 Å². The van der Waals surface area contributed by atoms with Gasteiger partial charge < -0.3 is 13.7 Å². The Morgan fingerprint density at radius 2 is 1.76 bits per heavy atom. The molecule has 0 bridgehead atoms. The maximum absolute atomic E-state index is 13.1. The molecule has 0 unspecified atom stereocenters. The standard InChI is InChI=1S/C14H11FO5S/c15-10-2-1-3-11(8-10)20-21(16,17)12-4-5-13-14(9-12)19-7-6-18-13/h1-5,8-9H,6-7H2. The summed E-state index contributed by atoms with van der Waals surface area (Å²) in [5, 5.41) is 0. The second kappa shape index (κ2) is 5.25. The van der Waals surface area contributed by atoms with Crippen molar-refractivity contribution in [2.75, 3.05) is 13.2 Å². The van der Waals surface area contributed by atoms with E-state index in [1.54, 1.807) is 0 Å². The van der Waals surface area contributed by atoms with Gasteiger partial charge in [-0.25, -0.2) is 4.39 Å². The molecule has 0 atom stereocenters. The molecule has 0 aromatic heterocycles. The fourth-order valence-electron chi connectivity index (χ4n) is 1.87. The van der Waals surface area contributed by atoms with Gasteiger partial charge in [-0.1, -0.05) is 6.07 Å². The molecule has 3 rings (SSSR count). The Hall–Kier alpha value is -2.28. The second-order valence-electron chi connectivity index (χ2n) is 4.30. The molecule has 0 amide bonds. The molecule has 21 heavy (non-hydrogen) atoms. The van der Waals surface area contributed by atoms with Crippen LogP contribution >= 0.6 is 0 Å². The lowest BCUT2D eigenvalue weighted by molar-refractivity contribution is 0.171. The summed E-state index contributed by atoms with van der Waals surface area (Å²) in [4.78, 5) is -0.0870. The van der Waals surface area contributed by atoms with Gasteiger partial charge in [0.2, 0.25) is 0 Å². The number of ether oxygens (including phenoxy) is 2. The van der Waals surface area contributed by atoms with Gasteiger partial charge in [0.25, 0.3) is 0 Å².